The molecule has 0 aliphatic carbocycles. The molecule has 0 spiro atoms. The molecule has 0 heterocycles. The molecule has 0 bridgehead atoms. The summed E-state index contributed by atoms with van der Waals surface area (Å²) >= 11 is 6.28. The van der Waals surface area contributed by atoms with Gasteiger partial charge >= 0.3 is 0 Å². The molecule has 2 heteroatoms. The fraction of sp³-hybridized carbons (Fsp3) is 0.0455. The highest BCUT2D eigenvalue weighted by molar-refractivity contribution is 6.33. The van der Waals surface area contributed by atoms with Crippen molar-refractivity contribution in [2.45, 2.75) is 6.92 Å². The highest BCUT2D eigenvalue weighted by atomic mass is 35.5. The summed E-state index contributed by atoms with van der Waals surface area (Å²) in [5, 5.41) is 0.650. The predicted octanol–water partition coefficient (Wildman–Crippen LogP) is 6.56. The van der Waals surface area contributed by atoms with Gasteiger partial charge in [-0.15, -0.1) is 0 Å². The van der Waals surface area contributed by atoms with Gasteiger partial charge < -0.3 is 0 Å². The Labute approximate surface area is 148 Å². The van der Waals surface area contributed by atoms with Crippen LogP contribution in [0, 0.1) is 0 Å². The molecule has 0 saturated heterocycles. The second-order valence-corrected chi connectivity index (χ2v) is 5.92. The van der Waals surface area contributed by atoms with Crippen molar-refractivity contribution in [3.05, 3.63) is 107 Å². The van der Waals surface area contributed by atoms with E-state index in [1.54, 1.807) is 0 Å². The molecule has 0 N–H and O–H groups in total. The highest BCUT2D eigenvalue weighted by Crippen LogP contribution is 2.26. The molecule has 0 aliphatic rings. The number of rotatable bonds is 4. The number of allylic oxidation sites excluding steroid dienone is 2. The zero-order chi connectivity index (χ0) is 16.8. The minimum Gasteiger partial charge on any atom is -0.247 e. The van der Waals surface area contributed by atoms with Crippen LogP contribution in [0.2, 0.25) is 5.02 Å². The Hall–Kier alpha value is -2.64. The number of hydrogen-bond donors (Lipinski definition) is 0. The average Bonchev–Trinajstić information content (AvgIpc) is 2.64. The summed E-state index contributed by atoms with van der Waals surface area (Å²) in [4.78, 5) is 4.80. The lowest BCUT2D eigenvalue weighted by molar-refractivity contribution is 1.49. The molecular formula is C22H18ClN. The third-order valence-electron chi connectivity index (χ3n) is 3.75. The Morgan fingerprint density at radius 1 is 0.750 bits per heavy atom. The quantitative estimate of drug-likeness (QED) is 0.480. The van der Waals surface area contributed by atoms with Gasteiger partial charge in [0, 0.05) is 5.56 Å². The molecule has 0 radical (unpaired) electrons. The summed E-state index contributed by atoms with van der Waals surface area (Å²) in [5.41, 5.74) is 5.07. The van der Waals surface area contributed by atoms with E-state index in [0.717, 1.165) is 22.5 Å². The second-order valence-electron chi connectivity index (χ2n) is 5.51. The van der Waals surface area contributed by atoms with Gasteiger partial charge in [0.25, 0.3) is 0 Å². The van der Waals surface area contributed by atoms with E-state index in [0.29, 0.717) is 5.02 Å². The van der Waals surface area contributed by atoms with Gasteiger partial charge in [-0.05, 0) is 36.3 Å². The molecular weight excluding hydrogens is 314 g/mol. The first-order valence-electron chi connectivity index (χ1n) is 7.86. The average molecular weight is 332 g/mol. The fourth-order valence-electron chi connectivity index (χ4n) is 2.45. The van der Waals surface area contributed by atoms with Crippen molar-refractivity contribution in [3.63, 3.8) is 0 Å². The number of aliphatic imine (C=N–C) groups is 1. The molecule has 0 aliphatic heterocycles. The molecule has 0 amide bonds. The number of para-hydroxylation sites is 1. The van der Waals surface area contributed by atoms with Gasteiger partial charge in [-0.1, -0.05) is 84.4 Å². The zero-order valence-electron chi connectivity index (χ0n) is 13.5. The summed E-state index contributed by atoms with van der Waals surface area (Å²) in [6.07, 6.45) is 2.11. The first-order chi connectivity index (χ1) is 11.7. The first kappa shape index (κ1) is 16.2. The maximum atomic E-state index is 6.28. The van der Waals surface area contributed by atoms with E-state index < -0.39 is 0 Å². The van der Waals surface area contributed by atoms with E-state index in [4.69, 9.17) is 16.6 Å². The Bertz CT molecular complexity index is 865. The third-order valence-corrected chi connectivity index (χ3v) is 4.06. The lowest BCUT2D eigenvalue weighted by Gasteiger charge is -2.07. The van der Waals surface area contributed by atoms with Crippen molar-refractivity contribution in [3.8, 4) is 0 Å². The van der Waals surface area contributed by atoms with Gasteiger partial charge in [0.2, 0.25) is 0 Å². The lowest BCUT2D eigenvalue weighted by atomic mass is 10.0. The Balaban J connectivity index is 2.08. The van der Waals surface area contributed by atoms with Crippen LogP contribution in [0.5, 0.6) is 0 Å². The normalized spacial score (nSPS) is 12.2. The van der Waals surface area contributed by atoms with E-state index in [2.05, 4.69) is 37.3 Å². The summed E-state index contributed by atoms with van der Waals surface area (Å²) in [7, 11) is 0. The van der Waals surface area contributed by atoms with Crippen molar-refractivity contribution in [2.75, 3.05) is 0 Å². The lowest BCUT2D eigenvalue weighted by Crippen LogP contribution is -1.97. The molecule has 0 fully saturated rings. The molecule has 3 aromatic rings. The molecule has 0 aromatic heterocycles. The number of hydrogen-bond acceptors (Lipinski definition) is 1. The minimum absolute atomic E-state index is 0.650. The van der Waals surface area contributed by atoms with E-state index in [9.17, 15) is 0 Å². The van der Waals surface area contributed by atoms with Crippen LogP contribution in [-0.4, -0.2) is 5.71 Å². The topological polar surface area (TPSA) is 12.4 Å². The summed E-state index contributed by atoms with van der Waals surface area (Å²) in [5.74, 6) is 0. The monoisotopic (exact) mass is 331 g/mol. The van der Waals surface area contributed by atoms with Crippen LogP contribution >= 0.6 is 11.6 Å². The van der Waals surface area contributed by atoms with E-state index >= 15 is 0 Å². The Kier molecular flexibility index (Phi) is 5.25. The Morgan fingerprint density at radius 3 is 1.92 bits per heavy atom. The van der Waals surface area contributed by atoms with Gasteiger partial charge in [-0.3, -0.25) is 0 Å². The molecule has 0 unspecified atom stereocenters. The number of benzene rings is 3. The van der Waals surface area contributed by atoms with Crippen molar-refractivity contribution in [1.82, 2.24) is 0 Å². The number of nitrogens with zero attached hydrogens (tertiary/aromatic N) is 1. The van der Waals surface area contributed by atoms with Crippen LogP contribution in [0.3, 0.4) is 0 Å². The van der Waals surface area contributed by atoms with Gasteiger partial charge in [0.15, 0.2) is 0 Å². The smallest absolute Gasteiger partial charge is 0.0823 e. The molecule has 0 atom stereocenters. The van der Waals surface area contributed by atoms with Crippen molar-refractivity contribution in [1.29, 1.82) is 0 Å². The molecule has 3 aromatic carbocycles. The van der Waals surface area contributed by atoms with Crippen LogP contribution in [0.15, 0.2) is 96.0 Å². The van der Waals surface area contributed by atoms with Crippen molar-refractivity contribution in [2.24, 2.45) is 4.99 Å². The molecule has 3 rings (SSSR count). The zero-order valence-corrected chi connectivity index (χ0v) is 14.2. The van der Waals surface area contributed by atoms with Gasteiger partial charge in [0.05, 0.1) is 16.4 Å². The van der Waals surface area contributed by atoms with Crippen LogP contribution < -0.4 is 0 Å². The van der Waals surface area contributed by atoms with E-state index in [1.807, 2.05) is 60.7 Å². The van der Waals surface area contributed by atoms with E-state index in [-0.39, 0.29) is 0 Å². The van der Waals surface area contributed by atoms with Crippen LogP contribution in [0.4, 0.5) is 5.69 Å². The Morgan fingerprint density at radius 2 is 1.29 bits per heavy atom. The standard InChI is InChI=1S/C22H18ClN/c1-17(18-10-4-2-5-11-18)16-22(19-12-6-3-7-13-19)24-21-15-9-8-14-20(21)23/h2-16H,1H3/b17-16+,24-22?. The van der Waals surface area contributed by atoms with E-state index in [1.165, 1.54) is 5.56 Å². The van der Waals surface area contributed by atoms with Gasteiger partial charge in [-0.25, -0.2) is 4.99 Å². The predicted molar refractivity (Wildman–Crippen MR) is 104 cm³/mol. The fourth-order valence-corrected chi connectivity index (χ4v) is 2.63. The summed E-state index contributed by atoms with van der Waals surface area (Å²) in [6, 6.07) is 28.1. The molecule has 1 nitrogen and oxygen atoms in total. The highest BCUT2D eigenvalue weighted by Gasteiger charge is 2.05. The van der Waals surface area contributed by atoms with Gasteiger partial charge in [-0.2, -0.15) is 0 Å². The van der Waals surface area contributed by atoms with Crippen molar-refractivity contribution < 1.29 is 0 Å². The largest absolute Gasteiger partial charge is 0.247 e. The maximum Gasteiger partial charge on any atom is 0.0823 e. The van der Waals surface area contributed by atoms with Crippen LogP contribution in [0.1, 0.15) is 18.1 Å². The molecule has 0 saturated carbocycles. The minimum atomic E-state index is 0.650. The van der Waals surface area contributed by atoms with Crippen molar-refractivity contribution >= 4 is 28.6 Å². The second kappa shape index (κ2) is 7.76. The summed E-state index contributed by atoms with van der Waals surface area (Å²) < 4.78 is 0. The SMILES string of the molecule is C/C(=C\C(=Nc1ccccc1Cl)c1ccccc1)c1ccccc1. The third kappa shape index (κ3) is 4.01. The molecule has 118 valence electrons. The number of halogens is 1. The first-order valence-corrected chi connectivity index (χ1v) is 8.24. The van der Waals surface area contributed by atoms with Crippen LogP contribution in [-0.2, 0) is 0 Å². The summed E-state index contributed by atoms with van der Waals surface area (Å²) in [6.45, 7) is 2.10. The van der Waals surface area contributed by atoms with Gasteiger partial charge in [0.1, 0.15) is 0 Å². The molecule has 24 heavy (non-hydrogen) atoms. The van der Waals surface area contributed by atoms with Crippen LogP contribution in [0.25, 0.3) is 5.57 Å². The maximum absolute atomic E-state index is 6.28.